The van der Waals surface area contributed by atoms with Gasteiger partial charge in [0.15, 0.2) is 0 Å². The fourth-order valence-electron chi connectivity index (χ4n) is 3.06. The number of hydrogen-bond donors (Lipinski definition) is 1. The largest absolute Gasteiger partial charge is 0.322 e. The van der Waals surface area contributed by atoms with E-state index < -0.39 is 0 Å². The smallest absolute Gasteiger partial charge is 0.259 e. The predicted octanol–water partition coefficient (Wildman–Crippen LogP) is 4.27. The van der Waals surface area contributed by atoms with Crippen LogP contribution in [0.2, 0.25) is 0 Å². The van der Waals surface area contributed by atoms with Crippen molar-refractivity contribution in [3.05, 3.63) is 84.1 Å². The molecule has 0 spiro atoms. The molecule has 0 aliphatic carbocycles. The van der Waals surface area contributed by atoms with Gasteiger partial charge in [-0.2, -0.15) is 0 Å². The van der Waals surface area contributed by atoms with Gasteiger partial charge in [-0.3, -0.25) is 9.78 Å². The molecule has 1 amide bonds. The third kappa shape index (κ3) is 2.95. The Labute approximate surface area is 151 Å². The first-order chi connectivity index (χ1) is 12.6. The van der Waals surface area contributed by atoms with Crippen LogP contribution in [-0.4, -0.2) is 20.3 Å². The minimum absolute atomic E-state index is 0.165. The molecule has 128 valence electrons. The van der Waals surface area contributed by atoms with Crippen LogP contribution in [0.4, 0.5) is 5.69 Å². The third-order valence-electron chi connectivity index (χ3n) is 4.34. The Balaban J connectivity index is 1.59. The lowest BCUT2D eigenvalue weighted by molar-refractivity contribution is 0.102. The van der Waals surface area contributed by atoms with Gasteiger partial charge >= 0.3 is 0 Å². The third-order valence-corrected chi connectivity index (χ3v) is 4.34. The van der Waals surface area contributed by atoms with Gasteiger partial charge in [-0.15, -0.1) is 0 Å². The van der Waals surface area contributed by atoms with E-state index in [1.54, 1.807) is 18.5 Å². The predicted molar refractivity (Wildman–Crippen MR) is 102 cm³/mol. The summed E-state index contributed by atoms with van der Waals surface area (Å²) in [6.45, 7) is 3.93. The SMILES string of the molecule is Cc1cc(C)n2ccc(C(=O)Nc3ccc(-c4ccncc4)cc3)c2n1. The van der Waals surface area contributed by atoms with Crippen LogP contribution >= 0.6 is 0 Å². The van der Waals surface area contributed by atoms with Crippen molar-refractivity contribution in [2.75, 3.05) is 5.32 Å². The summed E-state index contributed by atoms with van der Waals surface area (Å²) in [5.41, 5.74) is 6.09. The fourth-order valence-corrected chi connectivity index (χ4v) is 3.06. The number of aromatic nitrogens is 3. The molecule has 1 N–H and O–H groups in total. The molecule has 0 saturated heterocycles. The number of hydrogen-bond acceptors (Lipinski definition) is 3. The Morgan fingerprint density at radius 3 is 2.38 bits per heavy atom. The first kappa shape index (κ1) is 16.0. The number of anilines is 1. The number of nitrogens with zero attached hydrogens (tertiary/aromatic N) is 3. The summed E-state index contributed by atoms with van der Waals surface area (Å²) in [6.07, 6.45) is 5.40. The molecule has 0 aliphatic rings. The number of carbonyl (C=O) groups excluding carboxylic acids is 1. The van der Waals surface area contributed by atoms with Crippen molar-refractivity contribution in [2.24, 2.45) is 0 Å². The van der Waals surface area contributed by atoms with Gasteiger partial charge in [0, 0.05) is 35.7 Å². The maximum absolute atomic E-state index is 12.7. The van der Waals surface area contributed by atoms with Crippen LogP contribution in [0.25, 0.3) is 16.8 Å². The second-order valence-corrected chi connectivity index (χ2v) is 6.23. The Kier molecular flexibility index (Phi) is 3.97. The topological polar surface area (TPSA) is 59.3 Å². The Morgan fingerprint density at radius 1 is 0.962 bits per heavy atom. The number of benzene rings is 1. The minimum atomic E-state index is -0.165. The van der Waals surface area contributed by atoms with Crippen LogP contribution < -0.4 is 5.32 Å². The average Bonchev–Trinajstić information content (AvgIpc) is 3.07. The normalized spacial score (nSPS) is 10.8. The number of amides is 1. The van der Waals surface area contributed by atoms with Gasteiger partial charge in [0.2, 0.25) is 0 Å². The molecule has 0 radical (unpaired) electrons. The molecule has 5 heteroatoms. The second kappa shape index (κ2) is 6.44. The van der Waals surface area contributed by atoms with Gasteiger partial charge in [0.1, 0.15) is 5.65 Å². The molecule has 0 saturated carbocycles. The van der Waals surface area contributed by atoms with E-state index in [4.69, 9.17) is 0 Å². The number of rotatable bonds is 3. The lowest BCUT2D eigenvalue weighted by atomic mass is 10.1. The van der Waals surface area contributed by atoms with E-state index in [9.17, 15) is 4.79 Å². The van der Waals surface area contributed by atoms with E-state index in [0.717, 1.165) is 28.2 Å². The summed E-state index contributed by atoms with van der Waals surface area (Å²) >= 11 is 0. The lowest BCUT2D eigenvalue weighted by Crippen LogP contribution is -2.12. The highest BCUT2D eigenvalue weighted by atomic mass is 16.1. The van der Waals surface area contributed by atoms with Crippen molar-refractivity contribution in [3.8, 4) is 11.1 Å². The molecule has 0 unspecified atom stereocenters. The van der Waals surface area contributed by atoms with Crippen LogP contribution in [-0.2, 0) is 0 Å². The quantitative estimate of drug-likeness (QED) is 0.605. The average molecular weight is 342 g/mol. The van der Waals surface area contributed by atoms with E-state index >= 15 is 0 Å². The van der Waals surface area contributed by atoms with Crippen molar-refractivity contribution in [2.45, 2.75) is 13.8 Å². The molecule has 0 atom stereocenters. The summed E-state index contributed by atoms with van der Waals surface area (Å²) in [6, 6.07) is 15.5. The number of aryl methyl sites for hydroxylation is 2. The van der Waals surface area contributed by atoms with E-state index in [1.807, 2.05) is 66.9 Å². The highest BCUT2D eigenvalue weighted by molar-refractivity contribution is 6.08. The van der Waals surface area contributed by atoms with Crippen LogP contribution in [0.5, 0.6) is 0 Å². The Hall–Kier alpha value is -3.47. The van der Waals surface area contributed by atoms with Gasteiger partial charge in [-0.1, -0.05) is 12.1 Å². The zero-order valence-electron chi connectivity index (χ0n) is 14.6. The van der Waals surface area contributed by atoms with Crippen molar-refractivity contribution in [3.63, 3.8) is 0 Å². The summed E-state index contributed by atoms with van der Waals surface area (Å²) < 4.78 is 1.93. The lowest BCUT2D eigenvalue weighted by Gasteiger charge is -2.07. The van der Waals surface area contributed by atoms with Gasteiger partial charge < -0.3 is 9.72 Å². The monoisotopic (exact) mass is 342 g/mol. The molecular formula is C21H18N4O. The molecule has 4 aromatic rings. The molecule has 0 fully saturated rings. The Bertz CT molecular complexity index is 1080. The number of fused-ring (bicyclic) bond motifs is 1. The molecule has 3 aromatic heterocycles. The highest BCUT2D eigenvalue weighted by Crippen LogP contribution is 2.21. The molecule has 0 aliphatic heterocycles. The summed E-state index contributed by atoms with van der Waals surface area (Å²) in [4.78, 5) is 21.2. The van der Waals surface area contributed by atoms with Crippen molar-refractivity contribution in [1.82, 2.24) is 14.4 Å². The number of carbonyl (C=O) groups is 1. The van der Waals surface area contributed by atoms with E-state index in [2.05, 4.69) is 15.3 Å². The maximum Gasteiger partial charge on any atom is 0.259 e. The summed E-state index contributed by atoms with van der Waals surface area (Å²) in [5.74, 6) is -0.165. The standard InChI is InChI=1S/C21H18N4O/c1-14-13-15(2)25-12-9-19(20(25)23-14)21(26)24-18-5-3-16(4-6-18)17-7-10-22-11-8-17/h3-13H,1-2H3,(H,24,26). The Morgan fingerprint density at radius 2 is 1.65 bits per heavy atom. The number of pyridine rings is 1. The van der Waals surface area contributed by atoms with Gasteiger partial charge in [-0.25, -0.2) is 4.98 Å². The molecule has 26 heavy (non-hydrogen) atoms. The van der Waals surface area contributed by atoms with Crippen molar-refractivity contribution < 1.29 is 4.79 Å². The van der Waals surface area contributed by atoms with Gasteiger partial charge in [-0.05, 0) is 61.4 Å². The van der Waals surface area contributed by atoms with Crippen molar-refractivity contribution >= 4 is 17.2 Å². The zero-order chi connectivity index (χ0) is 18.1. The second-order valence-electron chi connectivity index (χ2n) is 6.23. The fraction of sp³-hybridized carbons (Fsp3) is 0.0952. The van der Waals surface area contributed by atoms with Crippen LogP contribution in [0, 0.1) is 13.8 Å². The summed E-state index contributed by atoms with van der Waals surface area (Å²) in [5, 5.41) is 2.95. The molecule has 3 heterocycles. The van der Waals surface area contributed by atoms with Crippen LogP contribution in [0.3, 0.4) is 0 Å². The van der Waals surface area contributed by atoms with E-state index in [-0.39, 0.29) is 5.91 Å². The van der Waals surface area contributed by atoms with Crippen molar-refractivity contribution in [1.29, 1.82) is 0 Å². The highest BCUT2D eigenvalue weighted by Gasteiger charge is 2.14. The molecule has 0 bridgehead atoms. The van der Waals surface area contributed by atoms with E-state index in [0.29, 0.717) is 11.2 Å². The number of nitrogens with one attached hydrogen (secondary N) is 1. The van der Waals surface area contributed by atoms with Gasteiger partial charge in [0.05, 0.1) is 5.56 Å². The minimum Gasteiger partial charge on any atom is -0.322 e. The zero-order valence-corrected chi connectivity index (χ0v) is 14.6. The van der Waals surface area contributed by atoms with E-state index in [1.165, 1.54) is 0 Å². The first-order valence-corrected chi connectivity index (χ1v) is 8.39. The maximum atomic E-state index is 12.7. The molecule has 4 rings (SSSR count). The van der Waals surface area contributed by atoms with Crippen LogP contribution in [0.1, 0.15) is 21.7 Å². The molecule has 5 nitrogen and oxygen atoms in total. The van der Waals surface area contributed by atoms with Crippen LogP contribution in [0.15, 0.2) is 67.1 Å². The first-order valence-electron chi connectivity index (χ1n) is 8.39. The van der Waals surface area contributed by atoms with Gasteiger partial charge in [0.25, 0.3) is 5.91 Å². The summed E-state index contributed by atoms with van der Waals surface area (Å²) in [7, 11) is 0. The molecule has 1 aromatic carbocycles. The molecular weight excluding hydrogens is 324 g/mol.